The molecule has 0 bridgehead atoms. The predicted molar refractivity (Wildman–Crippen MR) is 133 cm³/mol. The van der Waals surface area contributed by atoms with Gasteiger partial charge in [-0.25, -0.2) is 4.98 Å². The number of carbonyl (C=O) groups excluding carboxylic acids is 1. The predicted octanol–water partition coefficient (Wildman–Crippen LogP) is 3.92. The molecule has 0 radical (unpaired) electrons. The van der Waals surface area contributed by atoms with Crippen LogP contribution in [0.4, 0.5) is 5.82 Å². The summed E-state index contributed by atoms with van der Waals surface area (Å²) in [6.45, 7) is 4.36. The summed E-state index contributed by atoms with van der Waals surface area (Å²) in [6, 6.07) is 13.3. The summed E-state index contributed by atoms with van der Waals surface area (Å²) in [7, 11) is 3.21. The van der Waals surface area contributed by atoms with Crippen LogP contribution >= 0.6 is 0 Å². The topological polar surface area (TPSA) is 113 Å². The standard InChI is InChI=1S/C26H26N6O4/c1-5-36-21-10-9-16(12-22(21)35-4)19-13-23(33)29-25-24(19)15(2)31-32(25)26-28-20(14-27-30-26)17-7-6-8-18(11-17)34-3/h6-12,14,19H,5,13H2,1-4H3,(H,29,33)/t19-/m0/s1. The van der Waals surface area contributed by atoms with Gasteiger partial charge in [-0.2, -0.15) is 14.9 Å². The van der Waals surface area contributed by atoms with Gasteiger partial charge in [0, 0.05) is 23.5 Å². The summed E-state index contributed by atoms with van der Waals surface area (Å²) < 4.78 is 18.1. The minimum atomic E-state index is -0.221. The molecule has 0 spiro atoms. The van der Waals surface area contributed by atoms with Crippen LogP contribution in [0.1, 0.15) is 36.1 Å². The fourth-order valence-electron chi connectivity index (χ4n) is 4.46. The summed E-state index contributed by atoms with van der Waals surface area (Å²) in [5, 5.41) is 16.0. The van der Waals surface area contributed by atoms with Crippen molar-refractivity contribution in [3.8, 4) is 34.5 Å². The molecule has 2 aromatic carbocycles. The van der Waals surface area contributed by atoms with Gasteiger partial charge >= 0.3 is 0 Å². The molecule has 184 valence electrons. The van der Waals surface area contributed by atoms with Gasteiger partial charge in [0.25, 0.3) is 5.95 Å². The van der Waals surface area contributed by atoms with E-state index in [9.17, 15) is 4.79 Å². The summed E-state index contributed by atoms with van der Waals surface area (Å²) in [6.07, 6.45) is 1.86. The first-order valence-electron chi connectivity index (χ1n) is 11.6. The highest BCUT2D eigenvalue weighted by atomic mass is 16.5. The maximum absolute atomic E-state index is 12.8. The number of carbonyl (C=O) groups is 1. The molecule has 5 rings (SSSR count). The molecule has 1 N–H and O–H groups in total. The molecule has 1 amide bonds. The van der Waals surface area contributed by atoms with Gasteiger partial charge in [-0.3, -0.25) is 4.79 Å². The molecule has 0 saturated heterocycles. The number of aryl methyl sites for hydroxylation is 1. The fourth-order valence-corrected chi connectivity index (χ4v) is 4.46. The molecular weight excluding hydrogens is 460 g/mol. The Labute approximate surface area is 208 Å². The second-order valence-electron chi connectivity index (χ2n) is 8.28. The Kier molecular flexibility index (Phi) is 6.24. The van der Waals surface area contributed by atoms with E-state index in [1.165, 1.54) is 4.68 Å². The summed E-state index contributed by atoms with van der Waals surface area (Å²) in [4.78, 5) is 17.5. The molecule has 36 heavy (non-hydrogen) atoms. The second-order valence-corrected chi connectivity index (χ2v) is 8.28. The van der Waals surface area contributed by atoms with Crippen molar-refractivity contribution in [3.05, 3.63) is 65.5 Å². The fraction of sp³-hybridized carbons (Fsp3) is 0.269. The lowest BCUT2D eigenvalue weighted by molar-refractivity contribution is -0.116. The lowest BCUT2D eigenvalue weighted by atomic mass is 9.85. The number of benzene rings is 2. The van der Waals surface area contributed by atoms with Crippen molar-refractivity contribution in [2.24, 2.45) is 0 Å². The number of aromatic nitrogens is 5. The highest BCUT2D eigenvalue weighted by Crippen LogP contribution is 2.42. The molecule has 2 aromatic heterocycles. The van der Waals surface area contributed by atoms with Gasteiger partial charge in [-0.1, -0.05) is 18.2 Å². The Morgan fingerprint density at radius 2 is 1.97 bits per heavy atom. The van der Waals surface area contributed by atoms with E-state index in [2.05, 4.69) is 25.6 Å². The molecule has 1 aliphatic rings. The van der Waals surface area contributed by atoms with E-state index in [0.717, 1.165) is 22.4 Å². The van der Waals surface area contributed by atoms with E-state index in [0.29, 0.717) is 35.4 Å². The number of anilines is 1. The average molecular weight is 487 g/mol. The normalized spacial score (nSPS) is 14.7. The highest BCUT2D eigenvalue weighted by molar-refractivity contribution is 5.95. The van der Waals surface area contributed by atoms with Gasteiger partial charge in [-0.05, 0) is 43.7 Å². The Morgan fingerprint density at radius 3 is 2.75 bits per heavy atom. The van der Waals surface area contributed by atoms with Gasteiger partial charge < -0.3 is 19.5 Å². The van der Waals surface area contributed by atoms with Crippen LogP contribution in [0.2, 0.25) is 0 Å². The number of hydrogen-bond donors (Lipinski definition) is 1. The van der Waals surface area contributed by atoms with Crippen LogP contribution in [0.5, 0.6) is 17.2 Å². The van der Waals surface area contributed by atoms with Crippen LogP contribution in [0.25, 0.3) is 17.2 Å². The molecule has 1 atom stereocenters. The van der Waals surface area contributed by atoms with Gasteiger partial charge in [0.05, 0.1) is 38.4 Å². The first-order valence-corrected chi connectivity index (χ1v) is 11.6. The largest absolute Gasteiger partial charge is 0.497 e. The maximum atomic E-state index is 12.8. The van der Waals surface area contributed by atoms with Crippen molar-refractivity contribution >= 4 is 11.7 Å². The third-order valence-electron chi connectivity index (χ3n) is 6.10. The number of nitrogens with zero attached hydrogens (tertiary/aromatic N) is 5. The monoisotopic (exact) mass is 486 g/mol. The van der Waals surface area contributed by atoms with Gasteiger partial charge in [0.1, 0.15) is 11.6 Å². The molecule has 1 aliphatic heterocycles. The molecule has 0 fully saturated rings. The molecule has 10 heteroatoms. The third kappa shape index (κ3) is 4.21. The lowest BCUT2D eigenvalue weighted by Crippen LogP contribution is -2.25. The van der Waals surface area contributed by atoms with Gasteiger partial charge in [0.15, 0.2) is 11.5 Å². The van der Waals surface area contributed by atoms with E-state index in [-0.39, 0.29) is 24.2 Å². The van der Waals surface area contributed by atoms with Crippen molar-refractivity contribution in [3.63, 3.8) is 0 Å². The summed E-state index contributed by atoms with van der Waals surface area (Å²) >= 11 is 0. The number of fused-ring (bicyclic) bond motifs is 1. The van der Waals surface area contributed by atoms with E-state index in [4.69, 9.17) is 14.2 Å². The summed E-state index contributed by atoms with van der Waals surface area (Å²) in [5.74, 6) is 2.42. The van der Waals surface area contributed by atoms with Crippen molar-refractivity contribution in [2.45, 2.75) is 26.2 Å². The van der Waals surface area contributed by atoms with E-state index < -0.39 is 0 Å². The van der Waals surface area contributed by atoms with Crippen LogP contribution in [-0.2, 0) is 4.79 Å². The second kappa shape index (κ2) is 9.65. The zero-order valence-electron chi connectivity index (χ0n) is 20.5. The molecular formula is C26H26N6O4. The third-order valence-corrected chi connectivity index (χ3v) is 6.10. The quantitative estimate of drug-likeness (QED) is 0.418. The van der Waals surface area contributed by atoms with Gasteiger partial charge in [0.2, 0.25) is 5.91 Å². The first kappa shape index (κ1) is 23.3. The van der Waals surface area contributed by atoms with Crippen molar-refractivity contribution in [2.75, 3.05) is 26.1 Å². The SMILES string of the molecule is CCOc1ccc([C@@H]2CC(=O)Nc3c2c(C)nn3-c2nncc(-c3cccc(OC)c3)n2)cc1OC. The van der Waals surface area contributed by atoms with Crippen molar-refractivity contribution < 1.29 is 19.0 Å². The van der Waals surface area contributed by atoms with Gasteiger partial charge in [-0.15, -0.1) is 5.10 Å². The maximum Gasteiger partial charge on any atom is 0.272 e. The van der Waals surface area contributed by atoms with Crippen LogP contribution in [0.3, 0.4) is 0 Å². The molecule has 3 heterocycles. The van der Waals surface area contributed by atoms with E-state index in [1.807, 2.05) is 56.3 Å². The zero-order valence-corrected chi connectivity index (χ0v) is 20.5. The molecule has 0 aliphatic carbocycles. The Balaban J connectivity index is 1.58. The van der Waals surface area contributed by atoms with E-state index >= 15 is 0 Å². The Bertz CT molecular complexity index is 1430. The number of ether oxygens (including phenoxy) is 3. The van der Waals surface area contributed by atoms with Crippen LogP contribution in [0, 0.1) is 6.92 Å². The number of amides is 1. The Hall–Kier alpha value is -4.47. The molecule has 10 nitrogen and oxygen atoms in total. The molecule has 0 unspecified atom stereocenters. The molecule has 0 saturated carbocycles. The van der Waals surface area contributed by atoms with Crippen LogP contribution < -0.4 is 19.5 Å². The highest BCUT2D eigenvalue weighted by Gasteiger charge is 2.33. The van der Waals surface area contributed by atoms with Crippen molar-refractivity contribution in [1.82, 2.24) is 25.0 Å². The van der Waals surface area contributed by atoms with E-state index in [1.54, 1.807) is 20.4 Å². The van der Waals surface area contributed by atoms with Crippen LogP contribution in [-0.4, -0.2) is 51.7 Å². The molecule has 4 aromatic rings. The van der Waals surface area contributed by atoms with Crippen molar-refractivity contribution in [1.29, 1.82) is 0 Å². The smallest absolute Gasteiger partial charge is 0.272 e. The van der Waals surface area contributed by atoms with Crippen LogP contribution in [0.15, 0.2) is 48.7 Å². The average Bonchev–Trinajstić information content (AvgIpc) is 3.24. The minimum Gasteiger partial charge on any atom is -0.497 e. The summed E-state index contributed by atoms with van der Waals surface area (Å²) in [5.41, 5.74) is 4.02. The number of hydrogen-bond acceptors (Lipinski definition) is 8. The number of methoxy groups -OCH3 is 2. The number of rotatable bonds is 7. The first-order chi connectivity index (χ1) is 17.5. The lowest BCUT2D eigenvalue weighted by Gasteiger charge is -2.24. The minimum absolute atomic E-state index is 0.126. The zero-order chi connectivity index (χ0) is 25.2. The Morgan fingerprint density at radius 1 is 1.11 bits per heavy atom. The number of nitrogens with one attached hydrogen (secondary N) is 1.